The van der Waals surface area contributed by atoms with E-state index in [1.807, 2.05) is 28.9 Å². The summed E-state index contributed by atoms with van der Waals surface area (Å²) in [5.74, 6) is -0.0617. The molecule has 1 N–H and O–H groups in total. The Balaban J connectivity index is 1.44. The van der Waals surface area contributed by atoms with Gasteiger partial charge in [0.2, 0.25) is 0 Å². The van der Waals surface area contributed by atoms with Crippen molar-refractivity contribution < 1.29 is 14.3 Å². The molecule has 0 spiro atoms. The predicted octanol–water partition coefficient (Wildman–Crippen LogP) is 3.64. The van der Waals surface area contributed by atoms with Crippen molar-refractivity contribution in [2.45, 2.75) is 70.2 Å². The number of para-hydroxylation sites is 1. The van der Waals surface area contributed by atoms with Crippen molar-refractivity contribution in [3.8, 4) is 0 Å². The third-order valence-corrected chi connectivity index (χ3v) is 5.56. The molecule has 1 saturated carbocycles. The Hall–Kier alpha value is -1.92. The maximum absolute atomic E-state index is 12.8. The number of ether oxygens (including phenoxy) is 2. The van der Waals surface area contributed by atoms with Gasteiger partial charge in [-0.2, -0.15) is 5.10 Å². The number of nitrogens with zero attached hydrogens (tertiary/aromatic N) is 2. The smallest absolute Gasteiger partial charge is 0.272 e. The van der Waals surface area contributed by atoms with Gasteiger partial charge in [-0.1, -0.05) is 37.5 Å². The highest BCUT2D eigenvalue weighted by molar-refractivity contribution is 6.04. The summed E-state index contributed by atoms with van der Waals surface area (Å²) < 4.78 is 13.3. The second-order valence-corrected chi connectivity index (χ2v) is 7.56. The maximum Gasteiger partial charge on any atom is 0.272 e. The van der Waals surface area contributed by atoms with Gasteiger partial charge in [-0.25, -0.2) is 0 Å². The first kappa shape index (κ1) is 18.4. The van der Waals surface area contributed by atoms with Gasteiger partial charge in [0, 0.05) is 18.0 Å². The summed E-state index contributed by atoms with van der Waals surface area (Å²) in [4.78, 5) is 12.8. The number of nitrogens with one attached hydrogen (secondary N) is 1. The minimum absolute atomic E-state index is 0.0617. The number of aromatic nitrogens is 2. The first-order valence-corrected chi connectivity index (χ1v) is 10.3. The number of hydrogen-bond acceptors (Lipinski definition) is 4. The van der Waals surface area contributed by atoms with Crippen molar-refractivity contribution in [3.05, 3.63) is 30.0 Å². The number of rotatable bonds is 6. The van der Waals surface area contributed by atoms with E-state index in [2.05, 4.69) is 10.4 Å². The molecule has 1 atom stereocenters. The van der Waals surface area contributed by atoms with Gasteiger partial charge in [-0.15, -0.1) is 0 Å². The van der Waals surface area contributed by atoms with Gasteiger partial charge >= 0.3 is 0 Å². The van der Waals surface area contributed by atoms with E-state index in [0.29, 0.717) is 18.8 Å². The van der Waals surface area contributed by atoms with Gasteiger partial charge in [-0.05, 0) is 38.2 Å². The van der Waals surface area contributed by atoms with Crippen LogP contribution in [-0.2, 0) is 16.0 Å². The van der Waals surface area contributed by atoms with E-state index < -0.39 is 0 Å². The van der Waals surface area contributed by atoms with Crippen LogP contribution in [0.5, 0.6) is 0 Å². The minimum Gasteiger partial charge on any atom is -0.353 e. The fourth-order valence-corrected chi connectivity index (χ4v) is 4.08. The van der Waals surface area contributed by atoms with E-state index in [1.54, 1.807) is 0 Å². The lowest BCUT2D eigenvalue weighted by Gasteiger charge is -2.22. The van der Waals surface area contributed by atoms with Crippen LogP contribution in [0.1, 0.15) is 61.9 Å². The van der Waals surface area contributed by atoms with Crippen LogP contribution in [-0.4, -0.2) is 41.2 Å². The summed E-state index contributed by atoms with van der Waals surface area (Å²) in [6, 6.07) is 8.20. The summed E-state index contributed by atoms with van der Waals surface area (Å²) in [7, 11) is 0. The molecule has 0 bridgehead atoms. The molecule has 1 aromatic carbocycles. The molecule has 1 saturated heterocycles. The number of carbonyl (C=O) groups is 1. The molecule has 1 aliphatic heterocycles. The Morgan fingerprint density at radius 1 is 1.15 bits per heavy atom. The Labute approximate surface area is 160 Å². The molecule has 0 radical (unpaired) electrons. The van der Waals surface area contributed by atoms with Gasteiger partial charge in [-0.3, -0.25) is 9.48 Å². The third kappa shape index (κ3) is 4.50. The summed E-state index contributed by atoms with van der Waals surface area (Å²) in [5, 5.41) is 8.71. The van der Waals surface area contributed by atoms with E-state index in [-0.39, 0.29) is 18.2 Å². The van der Waals surface area contributed by atoms with Gasteiger partial charge in [0.15, 0.2) is 12.0 Å². The fourth-order valence-electron chi connectivity index (χ4n) is 4.08. The molecule has 6 nitrogen and oxygen atoms in total. The van der Waals surface area contributed by atoms with E-state index in [0.717, 1.165) is 49.6 Å². The van der Waals surface area contributed by atoms with E-state index in [1.165, 1.54) is 19.3 Å². The Morgan fingerprint density at radius 2 is 1.96 bits per heavy atom. The number of benzene rings is 1. The molecule has 146 valence electrons. The first-order chi connectivity index (χ1) is 13.3. The van der Waals surface area contributed by atoms with E-state index >= 15 is 0 Å². The van der Waals surface area contributed by atoms with Crippen LogP contribution in [0.3, 0.4) is 0 Å². The number of amides is 1. The van der Waals surface area contributed by atoms with Crippen molar-refractivity contribution in [3.63, 3.8) is 0 Å². The molecular formula is C21H29N3O3. The van der Waals surface area contributed by atoms with E-state index in [9.17, 15) is 4.79 Å². The van der Waals surface area contributed by atoms with Crippen LogP contribution in [0.4, 0.5) is 0 Å². The third-order valence-electron chi connectivity index (χ3n) is 5.56. The highest BCUT2D eigenvalue weighted by atomic mass is 16.7. The van der Waals surface area contributed by atoms with Gasteiger partial charge < -0.3 is 14.8 Å². The zero-order chi connectivity index (χ0) is 18.5. The molecule has 2 aliphatic rings. The van der Waals surface area contributed by atoms with Crippen LogP contribution in [0, 0.1) is 0 Å². The molecule has 2 heterocycles. The predicted molar refractivity (Wildman–Crippen MR) is 104 cm³/mol. The fraction of sp³-hybridized carbons (Fsp3) is 0.619. The molecule has 27 heavy (non-hydrogen) atoms. The minimum atomic E-state index is -0.102. The average Bonchev–Trinajstić information content (AvgIpc) is 3.09. The van der Waals surface area contributed by atoms with E-state index in [4.69, 9.17) is 9.47 Å². The van der Waals surface area contributed by atoms with Crippen LogP contribution in [0.2, 0.25) is 0 Å². The van der Waals surface area contributed by atoms with Crippen LogP contribution in [0.15, 0.2) is 24.3 Å². The Kier molecular flexibility index (Phi) is 6.04. The lowest BCUT2D eigenvalue weighted by molar-refractivity contribution is -0.163. The quantitative estimate of drug-likeness (QED) is 0.842. The molecule has 6 heteroatoms. The monoisotopic (exact) mass is 371 g/mol. The average molecular weight is 371 g/mol. The zero-order valence-corrected chi connectivity index (χ0v) is 15.9. The van der Waals surface area contributed by atoms with Crippen LogP contribution < -0.4 is 5.32 Å². The molecule has 1 unspecified atom stereocenters. The Morgan fingerprint density at radius 3 is 2.78 bits per heavy atom. The largest absolute Gasteiger partial charge is 0.353 e. The topological polar surface area (TPSA) is 65.4 Å². The lowest BCUT2D eigenvalue weighted by atomic mass is 9.95. The molecule has 2 fully saturated rings. The SMILES string of the molecule is O=C(NC1CCCCC1)c1nn(CCOC2CCCCO2)c2ccccc12. The maximum atomic E-state index is 12.8. The zero-order valence-electron chi connectivity index (χ0n) is 15.9. The molecule has 2 aromatic rings. The lowest BCUT2D eigenvalue weighted by Crippen LogP contribution is -2.36. The second-order valence-electron chi connectivity index (χ2n) is 7.56. The Bertz CT molecular complexity index is 761. The number of hydrogen-bond donors (Lipinski definition) is 1. The highest BCUT2D eigenvalue weighted by Gasteiger charge is 2.21. The molecule has 4 rings (SSSR count). The standard InChI is InChI=1S/C21H29N3O3/c25-21(22-16-8-2-1-3-9-16)20-17-10-4-5-11-18(17)24(23-20)13-15-27-19-12-6-7-14-26-19/h4-5,10-11,16,19H,1-3,6-9,12-15H2,(H,22,25). The normalized spacial score (nSPS) is 21.4. The second kappa shape index (κ2) is 8.85. The summed E-state index contributed by atoms with van der Waals surface area (Å²) >= 11 is 0. The summed E-state index contributed by atoms with van der Waals surface area (Å²) in [6.07, 6.45) is 8.92. The number of carbonyl (C=O) groups excluding carboxylic acids is 1. The van der Waals surface area contributed by atoms with Crippen LogP contribution in [0.25, 0.3) is 10.9 Å². The van der Waals surface area contributed by atoms with Crippen molar-refractivity contribution in [1.82, 2.24) is 15.1 Å². The number of fused-ring (bicyclic) bond motifs is 1. The highest BCUT2D eigenvalue weighted by Crippen LogP contribution is 2.21. The molecule has 1 aromatic heterocycles. The molecular weight excluding hydrogens is 342 g/mol. The van der Waals surface area contributed by atoms with Crippen molar-refractivity contribution in [1.29, 1.82) is 0 Å². The summed E-state index contributed by atoms with van der Waals surface area (Å²) in [5.41, 5.74) is 1.49. The van der Waals surface area contributed by atoms with Crippen molar-refractivity contribution in [2.75, 3.05) is 13.2 Å². The van der Waals surface area contributed by atoms with Crippen molar-refractivity contribution in [2.24, 2.45) is 0 Å². The van der Waals surface area contributed by atoms with Gasteiger partial charge in [0.1, 0.15) is 0 Å². The van der Waals surface area contributed by atoms with Crippen LogP contribution >= 0.6 is 0 Å². The van der Waals surface area contributed by atoms with Gasteiger partial charge in [0.25, 0.3) is 5.91 Å². The summed E-state index contributed by atoms with van der Waals surface area (Å²) in [6.45, 7) is 1.91. The molecule has 1 amide bonds. The van der Waals surface area contributed by atoms with Crippen molar-refractivity contribution >= 4 is 16.8 Å². The first-order valence-electron chi connectivity index (χ1n) is 10.3. The molecule has 1 aliphatic carbocycles. The van der Waals surface area contributed by atoms with Gasteiger partial charge in [0.05, 0.1) is 18.7 Å².